The lowest BCUT2D eigenvalue weighted by atomic mass is 10.2. The molecule has 0 radical (unpaired) electrons. The molecule has 0 unspecified atom stereocenters. The first-order chi connectivity index (χ1) is 9.85. The van der Waals surface area contributed by atoms with Crippen LogP contribution >= 0.6 is 27.5 Å². The molecule has 0 spiro atoms. The maximum absolute atomic E-state index is 12.4. The molecule has 2 aromatic rings. The van der Waals surface area contributed by atoms with Crippen LogP contribution in [0, 0.1) is 6.92 Å². The molecule has 0 heterocycles. The topological polar surface area (TPSA) is 66.4 Å². The number of aliphatic hydroxyl groups excluding tert-OH is 1. The summed E-state index contributed by atoms with van der Waals surface area (Å²) in [7, 11) is -3.74. The van der Waals surface area contributed by atoms with Gasteiger partial charge < -0.3 is 5.11 Å². The quantitative estimate of drug-likeness (QED) is 0.836. The molecule has 21 heavy (non-hydrogen) atoms. The number of rotatable bonds is 4. The summed E-state index contributed by atoms with van der Waals surface area (Å²) < 4.78 is 28.1. The van der Waals surface area contributed by atoms with Crippen molar-refractivity contribution in [2.45, 2.75) is 18.4 Å². The van der Waals surface area contributed by atoms with E-state index in [1.807, 2.05) is 13.0 Å². The van der Waals surface area contributed by atoms with Crippen molar-refractivity contribution in [1.82, 2.24) is 0 Å². The molecule has 2 aromatic carbocycles. The molecule has 0 amide bonds. The average Bonchev–Trinajstić information content (AvgIpc) is 2.43. The van der Waals surface area contributed by atoms with Gasteiger partial charge in [-0.3, -0.25) is 4.72 Å². The maximum atomic E-state index is 12.4. The van der Waals surface area contributed by atoms with Gasteiger partial charge in [0.15, 0.2) is 0 Å². The molecule has 4 nitrogen and oxygen atoms in total. The smallest absolute Gasteiger partial charge is 0.261 e. The number of nitrogens with one attached hydrogen (secondary N) is 1. The van der Waals surface area contributed by atoms with Gasteiger partial charge in [0.2, 0.25) is 0 Å². The molecule has 2 N–H and O–H groups in total. The molecule has 0 saturated heterocycles. The predicted octanol–water partition coefficient (Wildman–Crippen LogP) is 3.70. The van der Waals surface area contributed by atoms with Crippen LogP contribution in [0.25, 0.3) is 0 Å². The van der Waals surface area contributed by atoms with Gasteiger partial charge in [-0.1, -0.05) is 39.7 Å². The Kier molecular flexibility index (Phi) is 4.93. The summed E-state index contributed by atoms with van der Waals surface area (Å²) in [5, 5.41) is 9.27. The molecule has 0 bridgehead atoms. The summed E-state index contributed by atoms with van der Waals surface area (Å²) in [5.41, 5.74) is 1.76. The SMILES string of the molecule is Cc1c(Br)cccc1NS(=O)(=O)c1ccc(CO)c(Cl)c1. The van der Waals surface area contributed by atoms with Crippen molar-refractivity contribution in [2.75, 3.05) is 4.72 Å². The lowest BCUT2D eigenvalue weighted by Crippen LogP contribution is -2.14. The summed E-state index contributed by atoms with van der Waals surface area (Å²) in [6.07, 6.45) is 0. The zero-order chi connectivity index (χ0) is 15.6. The Morgan fingerprint density at radius 3 is 2.62 bits per heavy atom. The van der Waals surface area contributed by atoms with E-state index in [9.17, 15) is 8.42 Å². The van der Waals surface area contributed by atoms with Crippen LogP contribution in [0.15, 0.2) is 45.8 Å². The molecule has 0 aliphatic carbocycles. The van der Waals surface area contributed by atoms with E-state index in [-0.39, 0.29) is 16.5 Å². The van der Waals surface area contributed by atoms with Crippen molar-refractivity contribution in [1.29, 1.82) is 0 Å². The van der Waals surface area contributed by atoms with E-state index in [4.69, 9.17) is 16.7 Å². The highest BCUT2D eigenvalue weighted by Crippen LogP contribution is 2.27. The Morgan fingerprint density at radius 2 is 2.00 bits per heavy atom. The minimum atomic E-state index is -3.74. The molecule has 0 aliphatic heterocycles. The summed E-state index contributed by atoms with van der Waals surface area (Å²) in [5.74, 6) is 0. The molecule has 0 fully saturated rings. The molecule has 2 rings (SSSR count). The standard InChI is InChI=1S/C14H13BrClNO3S/c1-9-12(15)3-2-4-14(9)17-21(19,20)11-6-5-10(8-18)13(16)7-11/h2-7,17-18H,8H2,1H3. The number of sulfonamides is 1. The molecule has 0 aliphatic rings. The van der Waals surface area contributed by atoms with Gasteiger partial charge in [-0.25, -0.2) is 8.42 Å². The first kappa shape index (κ1) is 16.3. The van der Waals surface area contributed by atoms with Crippen LogP contribution in [0.5, 0.6) is 0 Å². The highest BCUT2D eigenvalue weighted by Gasteiger charge is 2.17. The number of benzene rings is 2. The highest BCUT2D eigenvalue weighted by atomic mass is 79.9. The van der Waals surface area contributed by atoms with Crippen LogP contribution in [0.2, 0.25) is 5.02 Å². The van der Waals surface area contributed by atoms with Gasteiger partial charge in [-0.2, -0.15) is 0 Å². The van der Waals surface area contributed by atoms with Crippen LogP contribution in [0.1, 0.15) is 11.1 Å². The Hall–Kier alpha value is -1.08. The third kappa shape index (κ3) is 3.58. The van der Waals surface area contributed by atoms with E-state index >= 15 is 0 Å². The third-order valence-electron chi connectivity index (χ3n) is 3.02. The Bertz CT molecular complexity index is 778. The van der Waals surface area contributed by atoms with Crippen molar-refractivity contribution in [2.24, 2.45) is 0 Å². The Balaban J connectivity index is 2.39. The van der Waals surface area contributed by atoms with Crippen molar-refractivity contribution < 1.29 is 13.5 Å². The van der Waals surface area contributed by atoms with Crippen LogP contribution < -0.4 is 4.72 Å². The first-order valence-electron chi connectivity index (χ1n) is 6.02. The van der Waals surface area contributed by atoms with Crippen molar-refractivity contribution in [3.05, 3.63) is 57.0 Å². The Morgan fingerprint density at radius 1 is 1.29 bits per heavy atom. The fourth-order valence-electron chi connectivity index (χ4n) is 1.75. The fraction of sp³-hybridized carbons (Fsp3) is 0.143. The number of anilines is 1. The second-order valence-corrected chi connectivity index (χ2v) is 7.37. The number of hydrogen-bond acceptors (Lipinski definition) is 3. The number of hydrogen-bond donors (Lipinski definition) is 2. The largest absolute Gasteiger partial charge is 0.392 e. The first-order valence-corrected chi connectivity index (χ1v) is 8.68. The summed E-state index contributed by atoms with van der Waals surface area (Å²) in [4.78, 5) is 0.0454. The molecule has 0 aromatic heterocycles. The lowest BCUT2D eigenvalue weighted by Gasteiger charge is -2.12. The molecule has 0 saturated carbocycles. The summed E-state index contributed by atoms with van der Waals surface area (Å²) in [6, 6.07) is 9.48. The lowest BCUT2D eigenvalue weighted by molar-refractivity contribution is 0.282. The van der Waals surface area contributed by atoms with Gasteiger partial charge in [0, 0.05) is 9.50 Å². The van der Waals surface area contributed by atoms with Gasteiger partial charge in [-0.05, 0) is 42.3 Å². The molecule has 0 atom stereocenters. The van der Waals surface area contributed by atoms with Crippen LogP contribution in [-0.2, 0) is 16.6 Å². The average molecular weight is 391 g/mol. The number of aliphatic hydroxyl groups is 1. The predicted molar refractivity (Wildman–Crippen MR) is 87.1 cm³/mol. The van der Waals surface area contributed by atoms with E-state index < -0.39 is 10.0 Å². The molecule has 7 heteroatoms. The normalized spacial score (nSPS) is 11.4. The number of halogens is 2. The second kappa shape index (κ2) is 6.36. The highest BCUT2D eigenvalue weighted by molar-refractivity contribution is 9.10. The van der Waals surface area contributed by atoms with Crippen molar-refractivity contribution in [3.8, 4) is 0 Å². The van der Waals surface area contributed by atoms with E-state index in [0.717, 1.165) is 10.0 Å². The Labute approximate surface area is 136 Å². The molecule has 112 valence electrons. The molecular formula is C14H13BrClNO3S. The third-order valence-corrected chi connectivity index (χ3v) is 5.59. The van der Waals surface area contributed by atoms with E-state index in [1.54, 1.807) is 12.1 Å². The van der Waals surface area contributed by atoms with Gasteiger partial charge >= 0.3 is 0 Å². The summed E-state index contributed by atoms with van der Waals surface area (Å²) >= 11 is 9.29. The van der Waals surface area contributed by atoms with Gasteiger partial charge in [0.25, 0.3) is 10.0 Å². The maximum Gasteiger partial charge on any atom is 0.261 e. The van der Waals surface area contributed by atoms with Crippen molar-refractivity contribution in [3.63, 3.8) is 0 Å². The second-order valence-electron chi connectivity index (χ2n) is 4.43. The zero-order valence-electron chi connectivity index (χ0n) is 11.1. The van der Waals surface area contributed by atoms with Crippen LogP contribution in [0.4, 0.5) is 5.69 Å². The summed E-state index contributed by atoms with van der Waals surface area (Å²) in [6.45, 7) is 1.57. The zero-order valence-corrected chi connectivity index (χ0v) is 14.3. The van der Waals surface area contributed by atoms with E-state index in [2.05, 4.69) is 20.7 Å². The van der Waals surface area contributed by atoms with Crippen molar-refractivity contribution >= 4 is 43.2 Å². The van der Waals surface area contributed by atoms with Gasteiger partial charge in [0.05, 0.1) is 17.2 Å². The van der Waals surface area contributed by atoms with Gasteiger partial charge in [0.1, 0.15) is 0 Å². The minimum absolute atomic E-state index is 0.0454. The van der Waals surface area contributed by atoms with E-state index in [0.29, 0.717) is 11.3 Å². The molecular weight excluding hydrogens is 378 g/mol. The van der Waals surface area contributed by atoms with Crippen LogP contribution in [0.3, 0.4) is 0 Å². The fourth-order valence-corrected chi connectivity index (χ4v) is 3.57. The van der Waals surface area contributed by atoms with Gasteiger partial charge in [-0.15, -0.1) is 0 Å². The van der Waals surface area contributed by atoms with Crippen LogP contribution in [-0.4, -0.2) is 13.5 Å². The monoisotopic (exact) mass is 389 g/mol. The minimum Gasteiger partial charge on any atom is -0.392 e. The van der Waals surface area contributed by atoms with E-state index in [1.165, 1.54) is 18.2 Å².